The largest absolute Gasteiger partial charge is 0.493 e. The van der Waals surface area contributed by atoms with Crippen LogP contribution in [0.2, 0.25) is 0 Å². The molecule has 1 N–H and O–H groups in total. The van der Waals surface area contributed by atoms with Crippen LogP contribution in [-0.4, -0.2) is 18.3 Å². The summed E-state index contributed by atoms with van der Waals surface area (Å²) >= 11 is 0. The van der Waals surface area contributed by atoms with Crippen LogP contribution in [0.25, 0.3) is 0 Å². The number of halogens is 1. The molecule has 2 nitrogen and oxygen atoms in total. The Morgan fingerprint density at radius 1 is 1.40 bits per heavy atom. The molecule has 15 heavy (non-hydrogen) atoms. The molecule has 0 heterocycles. The van der Waals surface area contributed by atoms with Gasteiger partial charge in [0, 0.05) is 12.7 Å². The van der Waals surface area contributed by atoms with Crippen LogP contribution in [0.4, 0.5) is 4.39 Å². The quantitative estimate of drug-likeness (QED) is 0.734. The Morgan fingerprint density at radius 3 is 2.87 bits per heavy atom. The second-order valence-electron chi connectivity index (χ2n) is 3.43. The fourth-order valence-electron chi connectivity index (χ4n) is 1.32. The lowest BCUT2D eigenvalue weighted by Gasteiger charge is -2.10. The monoisotopic (exact) mass is 212 g/mol. The summed E-state index contributed by atoms with van der Waals surface area (Å²) in [7, 11) is 0. The Labute approximate surface area is 89.7 Å². The van der Waals surface area contributed by atoms with E-state index in [2.05, 4.69) is 6.92 Å². The molecule has 0 bridgehead atoms. The zero-order valence-corrected chi connectivity index (χ0v) is 9.00. The highest BCUT2D eigenvalue weighted by Gasteiger charge is 2.04. The first-order valence-corrected chi connectivity index (χ1v) is 5.30. The second kappa shape index (κ2) is 6.40. The van der Waals surface area contributed by atoms with E-state index in [-0.39, 0.29) is 12.4 Å². The molecular weight excluding hydrogens is 195 g/mol. The molecule has 1 rings (SSSR count). The first-order chi connectivity index (χ1) is 7.27. The van der Waals surface area contributed by atoms with Crippen molar-refractivity contribution in [2.24, 2.45) is 0 Å². The summed E-state index contributed by atoms with van der Waals surface area (Å²) in [5.41, 5.74) is 0.856. The molecule has 1 aromatic carbocycles. The van der Waals surface area contributed by atoms with Gasteiger partial charge in [0.2, 0.25) is 0 Å². The first kappa shape index (κ1) is 12.0. The van der Waals surface area contributed by atoms with Crippen LogP contribution in [0.1, 0.15) is 25.3 Å². The highest BCUT2D eigenvalue weighted by Crippen LogP contribution is 2.20. The van der Waals surface area contributed by atoms with Gasteiger partial charge in [-0.05, 0) is 24.5 Å². The van der Waals surface area contributed by atoms with Gasteiger partial charge in [-0.25, -0.2) is 4.39 Å². The maximum Gasteiger partial charge on any atom is 0.126 e. The normalized spacial score (nSPS) is 10.3. The zero-order valence-electron chi connectivity index (χ0n) is 9.00. The number of aliphatic hydroxyl groups is 1. The van der Waals surface area contributed by atoms with E-state index in [1.165, 1.54) is 12.1 Å². The minimum Gasteiger partial charge on any atom is -0.493 e. The Bertz CT molecular complexity index is 300. The summed E-state index contributed by atoms with van der Waals surface area (Å²) in [4.78, 5) is 0. The molecule has 84 valence electrons. The van der Waals surface area contributed by atoms with Crippen molar-refractivity contribution in [2.45, 2.75) is 26.2 Å². The summed E-state index contributed by atoms with van der Waals surface area (Å²) in [6.45, 7) is 2.72. The highest BCUT2D eigenvalue weighted by molar-refractivity contribution is 5.34. The van der Waals surface area contributed by atoms with Crippen molar-refractivity contribution in [3.8, 4) is 5.75 Å². The average Bonchev–Trinajstić information content (AvgIpc) is 2.22. The lowest BCUT2D eigenvalue weighted by molar-refractivity contribution is 0.285. The summed E-state index contributed by atoms with van der Waals surface area (Å²) < 4.78 is 18.4. The molecule has 0 amide bonds. The Morgan fingerprint density at radius 2 is 2.20 bits per heavy atom. The van der Waals surface area contributed by atoms with Gasteiger partial charge < -0.3 is 9.84 Å². The number of unbranched alkanes of at least 4 members (excludes halogenated alkanes) is 1. The molecule has 0 aliphatic heterocycles. The van der Waals surface area contributed by atoms with Gasteiger partial charge in [0.1, 0.15) is 11.6 Å². The first-order valence-electron chi connectivity index (χ1n) is 5.30. The second-order valence-corrected chi connectivity index (χ2v) is 3.43. The number of hydrogen-bond donors (Lipinski definition) is 1. The van der Waals surface area contributed by atoms with Crippen LogP contribution >= 0.6 is 0 Å². The maximum atomic E-state index is 13.0. The molecular formula is C12H17FO2. The molecule has 0 aromatic heterocycles. The fourth-order valence-corrected chi connectivity index (χ4v) is 1.32. The van der Waals surface area contributed by atoms with Gasteiger partial charge in [0.15, 0.2) is 0 Å². The Balaban J connectivity index is 2.68. The van der Waals surface area contributed by atoms with Gasteiger partial charge in [-0.3, -0.25) is 0 Å². The number of hydrogen-bond acceptors (Lipinski definition) is 2. The number of aliphatic hydroxyl groups excluding tert-OH is 1. The predicted molar refractivity (Wildman–Crippen MR) is 57.6 cm³/mol. The van der Waals surface area contributed by atoms with Crippen LogP contribution < -0.4 is 4.74 Å². The van der Waals surface area contributed by atoms with Gasteiger partial charge in [-0.15, -0.1) is 0 Å². The highest BCUT2D eigenvalue weighted by atomic mass is 19.1. The van der Waals surface area contributed by atoms with Crippen molar-refractivity contribution in [2.75, 3.05) is 13.2 Å². The number of ether oxygens (including phenoxy) is 1. The summed E-state index contributed by atoms with van der Waals surface area (Å²) in [6.07, 6.45) is 2.50. The SMILES string of the molecule is CCCCOc1cc(F)ccc1CCO. The zero-order chi connectivity index (χ0) is 11.1. The topological polar surface area (TPSA) is 29.5 Å². The van der Waals surface area contributed by atoms with E-state index in [1.54, 1.807) is 6.07 Å². The average molecular weight is 212 g/mol. The Hall–Kier alpha value is -1.09. The third-order valence-corrected chi connectivity index (χ3v) is 2.17. The van der Waals surface area contributed by atoms with Crippen molar-refractivity contribution in [3.05, 3.63) is 29.6 Å². The van der Waals surface area contributed by atoms with Crippen molar-refractivity contribution in [3.63, 3.8) is 0 Å². The van der Waals surface area contributed by atoms with Crippen molar-refractivity contribution >= 4 is 0 Å². The van der Waals surface area contributed by atoms with Crippen molar-refractivity contribution in [1.29, 1.82) is 0 Å². The number of benzene rings is 1. The molecule has 0 fully saturated rings. The summed E-state index contributed by atoms with van der Waals surface area (Å²) in [5, 5.41) is 8.84. The van der Waals surface area contributed by atoms with Crippen molar-refractivity contribution < 1.29 is 14.2 Å². The molecule has 0 radical (unpaired) electrons. The molecule has 0 saturated heterocycles. The molecule has 0 spiro atoms. The maximum absolute atomic E-state index is 13.0. The van der Waals surface area contributed by atoms with Crippen LogP contribution in [0.3, 0.4) is 0 Å². The lowest BCUT2D eigenvalue weighted by atomic mass is 10.1. The van der Waals surface area contributed by atoms with E-state index in [4.69, 9.17) is 9.84 Å². The van der Waals surface area contributed by atoms with Gasteiger partial charge in [0.05, 0.1) is 6.61 Å². The predicted octanol–water partition coefficient (Wildman–Crippen LogP) is 2.54. The van der Waals surface area contributed by atoms with Crippen LogP contribution in [0.5, 0.6) is 5.75 Å². The Kier molecular flexibility index (Phi) is 5.12. The third-order valence-electron chi connectivity index (χ3n) is 2.17. The van der Waals surface area contributed by atoms with Crippen molar-refractivity contribution in [1.82, 2.24) is 0 Å². The molecule has 0 aliphatic carbocycles. The molecule has 0 aliphatic rings. The lowest BCUT2D eigenvalue weighted by Crippen LogP contribution is -2.02. The van der Waals surface area contributed by atoms with E-state index >= 15 is 0 Å². The van der Waals surface area contributed by atoms with E-state index in [0.29, 0.717) is 18.8 Å². The van der Waals surface area contributed by atoms with Gasteiger partial charge in [-0.2, -0.15) is 0 Å². The summed E-state index contributed by atoms with van der Waals surface area (Å²) in [5.74, 6) is 0.251. The third kappa shape index (κ3) is 3.88. The van der Waals surface area contributed by atoms with Gasteiger partial charge in [0.25, 0.3) is 0 Å². The fraction of sp³-hybridized carbons (Fsp3) is 0.500. The summed E-state index contributed by atoms with van der Waals surface area (Å²) in [6, 6.07) is 4.42. The van der Waals surface area contributed by atoms with E-state index in [9.17, 15) is 4.39 Å². The van der Waals surface area contributed by atoms with Crippen LogP contribution in [0.15, 0.2) is 18.2 Å². The van der Waals surface area contributed by atoms with E-state index < -0.39 is 0 Å². The van der Waals surface area contributed by atoms with Gasteiger partial charge >= 0.3 is 0 Å². The van der Waals surface area contributed by atoms with Gasteiger partial charge in [-0.1, -0.05) is 19.4 Å². The minimum absolute atomic E-state index is 0.0514. The smallest absolute Gasteiger partial charge is 0.126 e. The van der Waals surface area contributed by atoms with Crippen LogP contribution in [0, 0.1) is 5.82 Å². The molecule has 1 aromatic rings. The molecule has 3 heteroatoms. The van der Waals surface area contributed by atoms with Crippen LogP contribution in [-0.2, 0) is 6.42 Å². The molecule has 0 saturated carbocycles. The number of rotatable bonds is 6. The standard InChI is InChI=1S/C12H17FO2/c1-2-3-8-15-12-9-11(13)5-4-10(12)6-7-14/h4-5,9,14H,2-3,6-8H2,1H3. The van der Waals surface area contributed by atoms with E-state index in [0.717, 1.165) is 18.4 Å². The molecule has 0 unspecified atom stereocenters. The molecule has 0 atom stereocenters. The minimum atomic E-state index is -0.303. The van der Waals surface area contributed by atoms with E-state index in [1.807, 2.05) is 0 Å².